The number of nitro benzene ring substituents is 1. The van der Waals surface area contributed by atoms with E-state index in [-0.39, 0.29) is 29.6 Å². The first kappa shape index (κ1) is 20.9. The summed E-state index contributed by atoms with van der Waals surface area (Å²) in [5.74, 6) is -0.361. The van der Waals surface area contributed by atoms with E-state index in [9.17, 15) is 23.3 Å². The lowest BCUT2D eigenvalue weighted by Crippen LogP contribution is -2.34. The van der Waals surface area contributed by atoms with Gasteiger partial charge in [-0.3, -0.25) is 14.9 Å². The number of hydrogen-bond donors (Lipinski definition) is 2. The molecule has 3 aromatic rings. The van der Waals surface area contributed by atoms with Gasteiger partial charge in [-0.1, -0.05) is 12.1 Å². The highest BCUT2D eigenvalue weighted by Crippen LogP contribution is 2.28. The summed E-state index contributed by atoms with van der Waals surface area (Å²) in [6.45, 7) is 3.69. The molecule has 1 aromatic heterocycles. The fourth-order valence-corrected chi connectivity index (χ4v) is 5.10. The molecule has 10 heteroatoms. The molecular formula is C19H19N3O5S2. The number of hydrogen-bond acceptors (Lipinski definition) is 6. The maximum atomic E-state index is 12.4. The molecule has 152 valence electrons. The fraction of sp³-hybridized carbons (Fsp3) is 0.211. The summed E-state index contributed by atoms with van der Waals surface area (Å²) >= 11 is 1.22. The molecule has 0 saturated carbocycles. The predicted octanol–water partition coefficient (Wildman–Crippen LogP) is 3.13. The molecule has 0 unspecified atom stereocenters. The number of carbonyl (C=O) groups is 1. The summed E-state index contributed by atoms with van der Waals surface area (Å²) in [5, 5.41) is 14.1. The monoisotopic (exact) mass is 433 g/mol. The zero-order chi connectivity index (χ0) is 21.2. The second kappa shape index (κ2) is 8.27. The number of benzene rings is 2. The van der Waals surface area contributed by atoms with Gasteiger partial charge in [0.2, 0.25) is 10.0 Å². The molecule has 0 fully saturated rings. The summed E-state index contributed by atoms with van der Waals surface area (Å²) in [6.07, 6.45) is 0. The Morgan fingerprint density at radius 3 is 2.59 bits per heavy atom. The van der Waals surface area contributed by atoms with Gasteiger partial charge in [0.1, 0.15) is 0 Å². The summed E-state index contributed by atoms with van der Waals surface area (Å²) in [4.78, 5) is 23.3. The van der Waals surface area contributed by atoms with E-state index in [4.69, 9.17) is 0 Å². The van der Waals surface area contributed by atoms with Crippen molar-refractivity contribution in [3.05, 3.63) is 68.6 Å². The van der Waals surface area contributed by atoms with E-state index in [1.54, 1.807) is 31.2 Å². The minimum Gasteiger partial charge on any atom is -0.350 e. The van der Waals surface area contributed by atoms with Crippen LogP contribution in [0.25, 0.3) is 10.1 Å². The van der Waals surface area contributed by atoms with Crippen LogP contribution in [0.5, 0.6) is 0 Å². The fourth-order valence-electron chi connectivity index (χ4n) is 2.78. The minimum absolute atomic E-state index is 0.0388. The van der Waals surface area contributed by atoms with E-state index in [0.29, 0.717) is 15.8 Å². The lowest BCUT2D eigenvalue weighted by Gasteiger charge is -2.10. The van der Waals surface area contributed by atoms with Crippen LogP contribution in [-0.4, -0.2) is 32.3 Å². The molecule has 0 atom stereocenters. The molecule has 0 aliphatic heterocycles. The first-order valence-corrected chi connectivity index (χ1v) is 11.0. The molecule has 2 N–H and O–H groups in total. The third kappa shape index (κ3) is 4.78. The van der Waals surface area contributed by atoms with Crippen LogP contribution in [0.3, 0.4) is 0 Å². The SMILES string of the molecule is Cc1ccc(C)c(S(=O)(=O)NCCNC(=O)c2cc3cc([N+](=O)[O-])ccc3s2)c1. The molecule has 2 aromatic carbocycles. The van der Waals surface area contributed by atoms with Gasteiger partial charge < -0.3 is 5.32 Å². The number of nitrogens with zero attached hydrogens (tertiary/aromatic N) is 1. The molecule has 1 amide bonds. The number of sulfonamides is 1. The van der Waals surface area contributed by atoms with Gasteiger partial charge in [0.15, 0.2) is 0 Å². The van der Waals surface area contributed by atoms with E-state index >= 15 is 0 Å². The van der Waals surface area contributed by atoms with Crippen LogP contribution in [0.2, 0.25) is 0 Å². The summed E-state index contributed by atoms with van der Waals surface area (Å²) in [6, 6.07) is 11.2. The maximum absolute atomic E-state index is 12.4. The molecule has 0 aliphatic carbocycles. The van der Waals surface area contributed by atoms with E-state index in [2.05, 4.69) is 10.0 Å². The Labute approximate surface area is 171 Å². The molecule has 29 heavy (non-hydrogen) atoms. The molecule has 3 rings (SSSR count). The van der Waals surface area contributed by atoms with E-state index in [1.165, 1.54) is 23.5 Å². The minimum atomic E-state index is -3.67. The van der Waals surface area contributed by atoms with Gasteiger partial charge in [-0.2, -0.15) is 0 Å². The number of non-ortho nitro benzene ring substituents is 1. The Kier molecular flexibility index (Phi) is 5.96. The van der Waals surface area contributed by atoms with Crippen LogP contribution in [0.4, 0.5) is 5.69 Å². The molecule has 0 aliphatic rings. The van der Waals surface area contributed by atoms with Crippen LogP contribution < -0.4 is 10.0 Å². The van der Waals surface area contributed by atoms with Gasteiger partial charge in [0.05, 0.1) is 14.7 Å². The Balaban J connectivity index is 1.60. The van der Waals surface area contributed by atoms with E-state index in [0.717, 1.165) is 10.3 Å². The predicted molar refractivity (Wildman–Crippen MR) is 112 cm³/mol. The van der Waals surface area contributed by atoms with Crippen LogP contribution >= 0.6 is 11.3 Å². The highest BCUT2D eigenvalue weighted by atomic mass is 32.2. The summed E-state index contributed by atoms with van der Waals surface area (Å²) in [7, 11) is -3.67. The van der Waals surface area contributed by atoms with Crippen LogP contribution in [0, 0.1) is 24.0 Å². The summed E-state index contributed by atoms with van der Waals surface area (Å²) < 4.78 is 28.1. The Hall–Kier alpha value is -2.82. The number of carbonyl (C=O) groups excluding carboxylic acids is 1. The van der Waals surface area contributed by atoms with Gasteiger partial charge in [-0.05, 0) is 43.2 Å². The van der Waals surface area contributed by atoms with Crippen molar-refractivity contribution < 1.29 is 18.1 Å². The number of rotatable bonds is 7. The van der Waals surface area contributed by atoms with Crippen molar-refractivity contribution in [3.8, 4) is 0 Å². The van der Waals surface area contributed by atoms with Crippen LogP contribution in [-0.2, 0) is 10.0 Å². The smallest absolute Gasteiger partial charge is 0.270 e. The number of nitrogens with one attached hydrogen (secondary N) is 2. The number of thiophene rings is 1. The number of amides is 1. The lowest BCUT2D eigenvalue weighted by atomic mass is 10.2. The normalized spacial score (nSPS) is 11.5. The lowest BCUT2D eigenvalue weighted by molar-refractivity contribution is -0.384. The van der Waals surface area contributed by atoms with Gasteiger partial charge >= 0.3 is 0 Å². The molecule has 0 radical (unpaired) electrons. The van der Waals surface area contributed by atoms with Crippen molar-refractivity contribution in [1.29, 1.82) is 0 Å². The Morgan fingerprint density at radius 2 is 1.86 bits per heavy atom. The average Bonchev–Trinajstić information content (AvgIpc) is 3.10. The Morgan fingerprint density at radius 1 is 1.10 bits per heavy atom. The second-order valence-corrected chi connectivity index (χ2v) is 9.33. The Bertz CT molecular complexity index is 1200. The molecular weight excluding hydrogens is 414 g/mol. The topological polar surface area (TPSA) is 118 Å². The van der Waals surface area contributed by atoms with Crippen LogP contribution in [0.1, 0.15) is 20.8 Å². The van der Waals surface area contributed by atoms with E-state index in [1.807, 2.05) is 13.0 Å². The number of aryl methyl sites for hydroxylation is 2. The largest absolute Gasteiger partial charge is 0.350 e. The highest BCUT2D eigenvalue weighted by molar-refractivity contribution is 7.89. The van der Waals surface area contributed by atoms with Gasteiger partial charge in [-0.25, -0.2) is 13.1 Å². The highest BCUT2D eigenvalue weighted by Gasteiger charge is 2.17. The van der Waals surface area contributed by atoms with E-state index < -0.39 is 14.9 Å². The van der Waals surface area contributed by atoms with Crippen molar-refractivity contribution in [2.75, 3.05) is 13.1 Å². The number of nitro groups is 1. The van der Waals surface area contributed by atoms with Crippen molar-refractivity contribution in [2.24, 2.45) is 0 Å². The van der Waals surface area contributed by atoms with Crippen molar-refractivity contribution in [2.45, 2.75) is 18.7 Å². The molecule has 1 heterocycles. The van der Waals surface area contributed by atoms with Gasteiger partial charge in [0.25, 0.3) is 11.6 Å². The average molecular weight is 434 g/mol. The molecule has 0 saturated heterocycles. The zero-order valence-corrected chi connectivity index (χ0v) is 17.4. The maximum Gasteiger partial charge on any atom is 0.270 e. The molecule has 0 bridgehead atoms. The first-order chi connectivity index (χ1) is 13.7. The quantitative estimate of drug-likeness (QED) is 0.337. The van der Waals surface area contributed by atoms with Crippen molar-refractivity contribution in [3.63, 3.8) is 0 Å². The van der Waals surface area contributed by atoms with Crippen molar-refractivity contribution in [1.82, 2.24) is 10.0 Å². The van der Waals surface area contributed by atoms with Gasteiger partial charge in [0, 0.05) is 35.3 Å². The third-order valence-electron chi connectivity index (χ3n) is 4.27. The zero-order valence-electron chi connectivity index (χ0n) is 15.8. The number of fused-ring (bicyclic) bond motifs is 1. The molecule has 8 nitrogen and oxygen atoms in total. The second-order valence-electron chi connectivity index (χ2n) is 6.51. The molecule has 0 spiro atoms. The third-order valence-corrected chi connectivity index (χ3v) is 6.99. The standard InChI is InChI=1S/C19H19N3O5S2/c1-12-3-4-13(2)18(9-12)29(26,27)21-8-7-20-19(23)17-11-14-10-15(22(24)25)5-6-16(14)28-17/h3-6,9-11,21H,7-8H2,1-2H3,(H,20,23). The summed E-state index contributed by atoms with van der Waals surface area (Å²) in [5.41, 5.74) is 1.45. The first-order valence-electron chi connectivity index (χ1n) is 8.70. The van der Waals surface area contributed by atoms with Crippen LogP contribution in [0.15, 0.2) is 47.4 Å². The van der Waals surface area contributed by atoms with Crippen molar-refractivity contribution >= 4 is 43.0 Å². The van der Waals surface area contributed by atoms with Gasteiger partial charge in [-0.15, -0.1) is 11.3 Å².